The molecule has 0 spiro atoms. The summed E-state index contributed by atoms with van der Waals surface area (Å²) in [4.78, 5) is 17.4. The van der Waals surface area contributed by atoms with Gasteiger partial charge in [-0.3, -0.25) is 4.79 Å². The van der Waals surface area contributed by atoms with Gasteiger partial charge in [0.2, 0.25) is 0 Å². The molecule has 4 aromatic rings. The smallest absolute Gasteiger partial charge is 0.259 e. The molecule has 0 atom stereocenters. The number of fused-ring (bicyclic) bond motifs is 1. The topological polar surface area (TPSA) is 91.8 Å². The SMILES string of the molecule is Cc1noc2nc(-c3ccccc3)cc(C(=O)NCc3ccc(C#N)cc3)c12. The molecule has 0 aliphatic heterocycles. The average Bonchev–Trinajstić information content (AvgIpc) is 3.13. The number of carbonyl (C=O) groups is 1. The van der Waals surface area contributed by atoms with E-state index in [9.17, 15) is 4.79 Å². The van der Waals surface area contributed by atoms with E-state index in [0.717, 1.165) is 11.1 Å². The number of carbonyl (C=O) groups excluding carboxylic acids is 1. The van der Waals surface area contributed by atoms with Crippen molar-refractivity contribution in [3.63, 3.8) is 0 Å². The Morgan fingerprint density at radius 3 is 2.61 bits per heavy atom. The first-order valence-corrected chi connectivity index (χ1v) is 8.75. The Kier molecular flexibility index (Phi) is 4.56. The molecule has 1 N–H and O–H groups in total. The highest BCUT2D eigenvalue weighted by atomic mass is 16.5. The molecular weight excluding hydrogens is 352 g/mol. The zero-order valence-electron chi connectivity index (χ0n) is 15.1. The first kappa shape index (κ1) is 17.4. The Bertz CT molecular complexity index is 1190. The number of benzene rings is 2. The number of rotatable bonds is 4. The van der Waals surface area contributed by atoms with E-state index in [2.05, 4.69) is 21.5 Å². The first-order chi connectivity index (χ1) is 13.7. The summed E-state index contributed by atoms with van der Waals surface area (Å²) in [7, 11) is 0. The number of amides is 1. The van der Waals surface area contributed by atoms with Crippen LogP contribution in [-0.4, -0.2) is 16.0 Å². The van der Waals surface area contributed by atoms with Gasteiger partial charge in [0.15, 0.2) is 0 Å². The Balaban J connectivity index is 1.67. The van der Waals surface area contributed by atoms with Gasteiger partial charge in [0.05, 0.1) is 34.0 Å². The van der Waals surface area contributed by atoms with Gasteiger partial charge in [0.1, 0.15) is 0 Å². The molecule has 0 aliphatic rings. The Morgan fingerprint density at radius 2 is 1.89 bits per heavy atom. The highest BCUT2D eigenvalue weighted by Gasteiger charge is 2.19. The zero-order chi connectivity index (χ0) is 19.5. The lowest BCUT2D eigenvalue weighted by atomic mass is 10.0. The molecule has 4 rings (SSSR count). The lowest BCUT2D eigenvalue weighted by molar-refractivity contribution is 0.0952. The van der Waals surface area contributed by atoms with Crippen LogP contribution in [0.15, 0.2) is 65.2 Å². The molecule has 0 saturated carbocycles. The Morgan fingerprint density at radius 1 is 1.14 bits per heavy atom. The molecule has 2 heterocycles. The average molecular weight is 368 g/mol. The lowest BCUT2D eigenvalue weighted by Crippen LogP contribution is -2.23. The molecule has 0 saturated heterocycles. The summed E-state index contributed by atoms with van der Waals surface area (Å²) in [6.07, 6.45) is 0. The number of nitriles is 1. The van der Waals surface area contributed by atoms with Gasteiger partial charge < -0.3 is 9.84 Å². The third kappa shape index (κ3) is 3.33. The van der Waals surface area contributed by atoms with E-state index in [0.29, 0.717) is 40.2 Å². The van der Waals surface area contributed by atoms with E-state index in [4.69, 9.17) is 9.78 Å². The predicted octanol–water partition coefficient (Wildman–Crippen LogP) is 4.00. The maximum atomic E-state index is 12.9. The van der Waals surface area contributed by atoms with Crippen LogP contribution in [0.25, 0.3) is 22.4 Å². The summed E-state index contributed by atoms with van der Waals surface area (Å²) in [6, 6.07) is 20.5. The van der Waals surface area contributed by atoms with Crippen LogP contribution < -0.4 is 5.32 Å². The molecule has 6 heteroatoms. The van der Waals surface area contributed by atoms with Gasteiger partial charge >= 0.3 is 0 Å². The second-order valence-electron chi connectivity index (χ2n) is 6.36. The largest absolute Gasteiger partial charge is 0.348 e. The van der Waals surface area contributed by atoms with Crippen molar-refractivity contribution in [3.05, 3.63) is 83.0 Å². The lowest BCUT2D eigenvalue weighted by Gasteiger charge is -2.08. The normalized spacial score (nSPS) is 10.6. The van der Waals surface area contributed by atoms with Gasteiger partial charge in [-0.2, -0.15) is 5.26 Å². The molecular formula is C22H16N4O2. The summed E-state index contributed by atoms with van der Waals surface area (Å²) in [5.74, 6) is -0.236. The van der Waals surface area contributed by atoms with Gasteiger partial charge in [-0.1, -0.05) is 47.6 Å². The minimum atomic E-state index is -0.236. The van der Waals surface area contributed by atoms with Crippen LogP contribution in [0.4, 0.5) is 0 Å². The van der Waals surface area contributed by atoms with E-state index >= 15 is 0 Å². The monoisotopic (exact) mass is 368 g/mol. The van der Waals surface area contributed by atoms with E-state index in [1.165, 1.54) is 0 Å². The van der Waals surface area contributed by atoms with Gasteiger partial charge in [0, 0.05) is 12.1 Å². The van der Waals surface area contributed by atoms with Crippen molar-refractivity contribution < 1.29 is 9.32 Å². The second kappa shape index (κ2) is 7.33. The van der Waals surface area contributed by atoms with Crippen LogP contribution >= 0.6 is 0 Å². The molecule has 0 aliphatic carbocycles. The minimum absolute atomic E-state index is 0.236. The van der Waals surface area contributed by atoms with E-state index in [1.807, 2.05) is 42.5 Å². The highest BCUT2D eigenvalue weighted by Crippen LogP contribution is 2.27. The fourth-order valence-corrected chi connectivity index (χ4v) is 3.01. The van der Waals surface area contributed by atoms with Crippen molar-refractivity contribution in [2.75, 3.05) is 0 Å². The fraction of sp³-hybridized carbons (Fsp3) is 0.0909. The number of hydrogen-bond acceptors (Lipinski definition) is 5. The molecule has 136 valence electrons. The molecule has 0 bridgehead atoms. The van der Waals surface area contributed by atoms with Gasteiger partial charge in [-0.15, -0.1) is 0 Å². The van der Waals surface area contributed by atoms with Crippen molar-refractivity contribution in [2.24, 2.45) is 0 Å². The Hall–Kier alpha value is -3.98. The molecule has 2 aromatic carbocycles. The molecule has 6 nitrogen and oxygen atoms in total. The molecule has 28 heavy (non-hydrogen) atoms. The number of pyridine rings is 1. The maximum Gasteiger partial charge on any atom is 0.259 e. The summed E-state index contributed by atoms with van der Waals surface area (Å²) in [5.41, 5.74) is 4.44. The van der Waals surface area contributed by atoms with Crippen molar-refractivity contribution in [1.29, 1.82) is 5.26 Å². The predicted molar refractivity (Wildman–Crippen MR) is 104 cm³/mol. The maximum absolute atomic E-state index is 12.9. The van der Waals surface area contributed by atoms with Crippen molar-refractivity contribution in [1.82, 2.24) is 15.5 Å². The summed E-state index contributed by atoms with van der Waals surface area (Å²) in [6.45, 7) is 2.13. The third-order valence-electron chi connectivity index (χ3n) is 4.47. The van der Waals surface area contributed by atoms with E-state index < -0.39 is 0 Å². The highest BCUT2D eigenvalue weighted by molar-refractivity contribution is 6.06. The van der Waals surface area contributed by atoms with E-state index in [-0.39, 0.29) is 5.91 Å². The number of nitrogens with one attached hydrogen (secondary N) is 1. The zero-order valence-corrected chi connectivity index (χ0v) is 15.1. The van der Waals surface area contributed by atoms with Crippen molar-refractivity contribution in [2.45, 2.75) is 13.5 Å². The molecule has 1 amide bonds. The Labute approximate surface area is 161 Å². The molecule has 0 fully saturated rings. The van der Waals surface area contributed by atoms with Crippen LogP contribution in [0.1, 0.15) is 27.2 Å². The molecule has 0 radical (unpaired) electrons. The van der Waals surface area contributed by atoms with E-state index in [1.54, 1.807) is 25.1 Å². The summed E-state index contributed by atoms with van der Waals surface area (Å²) < 4.78 is 5.32. The fourth-order valence-electron chi connectivity index (χ4n) is 3.01. The van der Waals surface area contributed by atoms with Crippen LogP contribution in [0, 0.1) is 18.3 Å². The quantitative estimate of drug-likeness (QED) is 0.588. The minimum Gasteiger partial charge on any atom is -0.348 e. The van der Waals surface area contributed by atoms with Crippen LogP contribution in [0.2, 0.25) is 0 Å². The molecule has 0 unspecified atom stereocenters. The standard InChI is InChI=1S/C22H16N4O2/c1-14-20-18(21(27)24-13-16-9-7-15(12-23)8-10-16)11-19(25-22(20)28-26-14)17-5-3-2-4-6-17/h2-11H,13H2,1H3,(H,24,27). The first-order valence-electron chi connectivity index (χ1n) is 8.75. The van der Waals surface area contributed by atoms with Crippen molar-refractivity contribution in [3.8, 4) is 17.3 Å². The third-order valence-corrected chi connectivity index (χ3v) is 4.47. The number of nitrogens with zero attached hydrogens (tertiary/aromatic N) is 3. The molecule has 2 aromatic heterocycles. The van der Waals surface area contributed by atoms with Crippen LogP contribution in [0.5, 0.6) is 0 Å². The van der Waals surface area contributed by atoms with Gasteiger partial charge in [0.25, 0.3) is 11.6 Å². The second-order valence-corrected chi connectivity index (χ2v) is 6.36. The number of hydrogen-bond donors (Lipinski definition) is 1. The summed E-state index contributed by atoms with van der Waals surface area (Å²) in [5, 5.41) is 16.4. The number of aryl methyl sites for hydroxylation is 1. The van der Waals surface area contributed by atoms with Crippen molar-refractivity contribution >= 4 is 17.0 Å². The van der Waals surface area contributed by atoms with Gasteiger partial charge in [-0.25, -0.2) is 4.98 Å². The summed E-state index contributed by atoms with van der Waals surface area (Å²) >= 11 is 0. The van der Waals surface area contributed by atoms with Gasteiger partial charge in [-0.05, 0) is 30.7 Å². The van der Waals surface area contributed by atoms with Crippen LogP contribution in [-0.2, 0) is 6.54 Å². The van der Waals surface area contributed by atoms with Crippen LogP contribution in [0.3, 0.4) is 0 Å². The number of aromatic nitrogens is 2.